The van der Waals surface area contributed by atoms with E-state index in [0.717, 1.165) is 24.3 Å². The summed E-state index contributed by atoms with van der Waals surface area (Å²) in [7, 11) is 2.05. The molecule has 0 spiro atoms. The highest BCUT2D eigenvalue weighted by Crippen LogP contribution is 2.27. The van der Waals surface area contributed by atoms with Crippen LogP contribution < -0.4 is 4.90 Å². The quantitative estimate of drug-likeness (QED) is 0.766. The highest BCUT2D eigenvalue weighted by Gasteiger charge is 2.29. The number of hydrogen-bond acceptors (Lipinski definition) is 3. The molecular formula is C15H21NO2. The van der Waals surface area contributed by atoms with Gasteiger partial charge in [0.1, 0.15) is 0 Å². The fourth-order valence-electron chi connectivity index (χ4n) is 2.62. The molecule has 1 heterocycles. The zero-order chi connectivity index (χ0) is 13.1. The number of benzene rings is 1. The van der Waals surface area contributed by atoms with Crippen LogP contribution in [0.3, 0.4) is 0 Å². The molecule has 3 heteroatoms. The molecule has 0 aromatic heterocycles. The number of carbonyl (C=O) groups excluding carboxylic acids is 1. The molecule has 1 aliphatic heterocycles. The summed E-state index contributed by atoms with van der Waals surface area (Å²) in [6.45, 7) is 4.80. The standard InChI is InChI=1S/C15H21NO2/c1-4-15(17)12-7-5-6-8-14(12)16(3)13-9-10-18-11(13)2/h5-8,11,13H,4,9-10H2,1-3H3. The Bertz CT molecular complexity index is 430. The van der Waals surface area contributed by atoms with Crippen molar-refractivity contribution in [3.05, 3.63) is 29.8 Å². The maximum Gasteiger partial charge on any atom is 0.164 e. The van der Waals surface area contributed by atoms with Gasteiger partial charge in [-0.2, -0.15) is 0 Å². The summed E-state index contributed by atoms with van der Waals surface area (Å²) >= 11 is 0. The van der Waals surface area contributed by atoms with Gasteiger partial charge in [0.15, 0.2) is 5.78 Å². The first-order valence-corrected chi connectivity index (χ1v) is 6.61. The molecule has 1 aromatic carbocycles. The SMILES string of the molecule is CCC(=O)c1ccccc1N(C)C1CCOC1C. The molecule has 2 unspecified atom stereocenters. The number of anilines is 1. The summed E-state index contributed by atoms with van der Waals surface area (Å²) < 4.78 is 5.61. The van der Waals surface area contributed by atoms with Crippen molar-refractivity contribution in [2.24, 2.45) is 0 Å². The van der Waals surface area contributed by atoms with Crippen LogP contribution in [0.2, 0.25) is 0 Å². The molecule has 3 nitrogen and oxygen atoms in total. The molecule has 0 aliphatic carbocycles. The number of likely N-dealkylation sites (N-methyl/N-ethyl adjacent to an activating group) is 1. The number of para-hydroxylation sites is 1. The molecule has 0 N–H and O–H groups in total. The van der Waals surface area contributed by atoms with Gasteiger partial charge in [0, 0.05) is 31.3 Å². The zero-order valence-corrected chi connectivity index (χ0v) is 11.3. The van der Waals surface area contributed by atoms with Crippen molar-refractivity contribution in [2.75, 3.05) is 18.6 Å². The molecule has 98 valence electrons. The molecule has 18 heavy (non-hydrogen) atoms. The predicted molar refractivity (Wildman–Crippen MR) is 73.3 cm³/mol. The minimum Gasteiger partial charge on any atom is -0.376 e. The summed E-state index contributed by atoms with van der Waals surface area (Å²) in [6, 6.07) is 8.20. The lowest BCUT2D eigenvalue weighted by Gasteiger charge is -2.30. The van der Waals surface area contributed by atoms with E-state index in [1.54, 1.807) is 0 Å². The number of hydrogen-bond donors (Lipinski definition) is 0. The van der Waals surface area contributed by atoms with Gasteiger partial charge >= 0.3 is 0 Å². The molecule has 1 fully saturated rings. The van der Waals surface area contributed by atoms with Gasteiger partial charge in [0.2, 0.25) is 0 Å². The van der Waals surface area contributed by atoms with Crippen LogP contribution in [0.25, 0.3) is 0 Å². The van der Waals surface area contributed by atoms with E-state index in [2.05, 4.69) is 18.9 Å². The van der Waals surface area contributed by atoms with Crippen molar-refractivity contribution in [1.82, 2.24) is 0 Å². The Morgan fingerprint density at radius 1 is 1.44 bits per heavy atom. The molecular weight excluding hydrogens is 226 g/mol. The number of carbonyl (C=O) groups is 1. The van der Waals surface area contributed by atoms with Gasteiger partial charge < -0.3 is 9.64 Å². The average molecular weight is 247 g/mol. The Balaban J connectivity index is 2.29. The van der Waals surface area contributed by atoms with Gasteiger partial charge in [-0.25, -0.2) is 0 Å². The minimum atomic E-state index is 0.198. The van der Waals surface area contributed by atoms with Crippen LogP contribution in [0.5, 0.6) is 0 Å². The van der Waals surface area contributed by atoms with E-state index in [4.69, 9.17) is 4.74 Å². The van der Waals surface area contributed by atoms with E-state index < -0.39 is 0 Å². The van der Waals surface area contributed by atoms with Crippen molar-refractivity contribution < 1.29 is 9.53 Å². The van der Waals surface area contributed by atoms with Crippen molar-refractivity contribution >= 4 is 11.5 Å². The summed E-state index contributed by atoms with van der Waals surface area (Å²) in [5, 5.41) is 0. The fraction of sp³-hybridized carbons (Fsp3) is 0.533. The molecule has 2 rings (SSSR count). The second-order valence-corrected chi connectivity index (χ2v) is 4.84. The van der Waals surface area contributed by atoms with Crippen LogP contribution >= 0.6 is 0 Å². The molecule has 2 atom stereocenters. The van der Waals surface area contributed by atoms with Crippen molar-refractivity contribution in [1.29, 1.82) is 0 Å². The third kappa shape index (κ3) is 2.41. The Morgan fingerprint density at radius 2 is 2.17 bits per heavy atom. The van der Waals surface area contributed by atoms with Gasteiger partial charge in [-0.1, -0.05) is 19.1 Å². The monoisotopic (exact) mass is 247 g/mol. The third-order valence-electron chi connectivity index (χ3n) is 3.74. The molecule has 1 aliphatic rings. The van der Waals surface area contributed by atoms with E-state index in [0.29, 0.717) is 12.5 Å². The van der Waals surface area contributed by atoms with Crippen molar-refractivity contribution in [3.8, 4) is 0 Å². The summed E-state index contributed by atoms with van der Waals surface area (Å²) in [5.74, 6) is 0.198. The van der Waals surface area contributed by atoms with Crippen LogP contribution in [0.1, 0.15) is 37.0 Å². The normalized spacial score (nSPS) is 23.1. The zero-order valence-electron chi connectivity index (χ0n) is 11.3. The number of Topliss-reactive ketones (excluding diaryl/α,β-unsaturated/α-hetero) is 1. The van der Waals surface area contributed by atoms with Crippen molar-refractivity contribution in [3.63, 3.8) is 0 Å². The maximum absolute atomic E-state index is 12.0. The van der Waals surface area contributed by atoms with E-state index in [9.17, 15) is 4.79 Å². The van der Waals surface area contributed by atoms with Crippen LogP contribution in [0, 0.1) is 0 Å². The molecule has 0 amide bonds. The van der Waals surface area contributed by atoms with Crippen LogP contribution in [0.15, 0.2) is 24.3 Å². The second kappa shape index (κ2) is 5.53. The van der Waals surface area contributed by atoms with E-state index in [1.807, 2.05) is 31.2 Å². The van der Waals surface area contributed by atoms with E-state index >= 15 is 0 Å². The molecule has 1 saturated heterocycles. The molecule has 1 aromatic rings. The smallest absolute Gasteiger partial charge is 0.164 e. The lowest BCUT2D eigenvalue weighted by Crippen LogP contribution is -2.37. The third-order valence-corrected chi connectivity index (χ3v) is 3.74. The lowest BCUT2D eigenvalue weighted by molar-refractivity contribution is 0.0987. The van der Waals surface area contributed by atoms with Gasteiger partial charge in [-0.3, -0.25) is 4.79 Å². The van der Waals surface area contributed by atoms with Gasteiger partial charge in [0.25, 0.3) is 0 Å². The predicted octanol–water partition coefficient (Wildman–Crippen LogP) is 2.89. The second-order valence-electron chi connectivity index (χ2n) is 4.84. The van der Waals surface area contributed by atoms with Crippen LogP contribution in [0.4, 0.5) is 5.69 Å². The molecule has 0 radical (unpaired) electrons. The van der Waals surface area contributed by atoms with Gasteiger partial charge in [-0.05, 0) is 25.5 Å². The lowest BCUT2D eigenvalue weighted by atomic mass is 10.0. The van der Waals surface area contributed by atoms with E-state index in [-0.39, 0.29) is 11.9 Å². The highest BCUT2D eigenvalue weighted by molar-refractivity contribution is 6.01. The first-order valence-electron chi connectivity index (χ1n) is 6.61. The fourth-order valence-corrected chi connectivity index (χ4v) is 2.62. The molecule has 0 bridgehead atoms. The Labute approximate surface area is 109 Å². The van der Waals surface area contributed by atoms with Crippen LogP contribution in [-0.2, 0) is 4.74 Å². The van der Waals surface area contributed by atoms with E-state index in [1.165, 1.54) is 0 Å². The topological polar surface area (TPSA) is 29.5 Å². The number of rotatable bonds is 4. The number of ketones is 1. The Morgan fingerprint density at radius 3 is 2.78 bits per heavy atom. The largest absolute Gasteiger partial charge is 0.376 e. The van der Waals surface area contributed by atoms with Crippen molar-refractivity contribution in [2.45, 2.75) is 38.8 Å². The van der Waals surface area contributed by atoms with Crippen LogP contribution in [-0.4, -0.2) is 31.6 Å². The minimum absolute atomic E-state index is 0.198. The Hall–Kier alpha value is -1.35. The maximum atomic E-state index is 12.0. The summed E-state index contributed by atoms with van der Waals surface area (Å²) in [4.78, 5) is 14.2. The highest BCUT2D eigenvalue weighted by atomic mass is 16.5. The van der Waals surface area contributed by atoms with Gasteiger partial charge in [-0.15, -0.1) is 0 Å². The number of ether oxygens (including phenoxy) is 1. The first-order chi connectivity index (χ1) is 8.65. The molecule has 0 saturated carbocycles. The summed E-state index contributed by atoms with van der Waals surface area (Å²) in [6.07, 6.45) is 1.79. The van der Waals surface area contributed by atoms with Gasteiger partial charge in [0.05, 0.1) is 12.1 Å². The summed E-state index contributed by atoms with van der Waals surface area (Å²) in [5.41, 5.74) is 1.84. The number of nitrogens with zero attached hydrogens (tertiary/aromatic N) is 1. The Kier molecular flexibility index (Phi) is 4.02. The first kappa shape index (κ1) is 13.1. The average Bonchev–Trinajstić information content (AvgIpc) is 2.83.